The molecule has 1 aliphatic heterocycles. The van der Waals surface area contributed by atoms with E-state index in [1.54, 1.807) is 0 Å². The summed E-state index contributed by atoms with van der Waals surface area (Å²) in [6, 6.07) is 0. The van der Waals surface area contributed by atoms with Crippen LogP contribution in [0.15, 0.2) is 9.52 Å². The molecule has 0 saturated heterocycles. The van der Waals surface area contributed by atoms with E-state index in [0.29, 0.717) is 13.1 Å². The standard InChI is InChI=1S/C8H12N4O6/c13-7(14,8(15,16)17)6-11-5(18-12-6)4-1-9-3-10-2-4/h3-4,13-17H,1-2H2,(H,9,10). The second-order valence-electron chi connectivity index (χ2n) is 3.86. The van der Waals surface area contributed by atoms with Crippen molar-refractivity contribution in [2.45, 2.75) is 17.7 Å². The SMILES string of the molecule is OC(O)(O)C(O)(O)c1noc(C2CN=CNC2)n1. The van der Waals surface area contributed by atoms with Crippen LogP contribution < -0.4 is 5.32 Å². The number of nitrogens with one attached hydrogen (secondary N) is 1. The zero-order valence-electron chi connectivity index (χ0n) is 9.05. The van der Waals surface area contributed by atoms with Crippen LogP contribution >= 0.6 is 0 Å². The van der Waals surface area contributed by atoms with Crippen molar-refractivity contribution in [1.82, 2.24) is 15.5 Å². The summed E-state index contributed by atoms with van der Waals surface area (Å²) in [6.07, 6.45) is 1.51. The lowest BCUT2D eigenvalue weighted by Gasteiger charge is -2.26. The third kappa shape index (κ3) is 2.19. The van der Waals surface area contributed by atoms with Gasteiger partial charge in [0.05, 0.1) is 18.8 Å². The van der Waals surface area contributed by atoms with E-state index >= 15 is 0 Å². The van der Waals surface area contributed by atoms with Crippen LogP contribution in [0.1, 0.15) is 17.6 Å². The van der Waals surface area contributed by atoms with E-state index in [0.717, 1.165) is 0 Å². The zero-order valence-corrected chi connectivity index (χ0v) is 9.05. The largest absolute Gasteiger partial charge is 0.376 e. The summed E-state index contributed by atoms with van der Waals surface area (Å²) >= 11 is 0. The van der Waals surface area contributed by atoms with Gasteiger partial charge in [-0.25, -0.2) is 0 Å². The normalized spacial score (nSPS) is 20.8. The first kappa shape index (κ1) is 12.9. The van der Waals surface area contributed by atoms with Gasteiger partial charge in [-0.1, -0.05) is 5.16 Å². The summed E-state index contributed by atoms with van der Waals surface area (Å²) in [4.78, 5) is 7.52. The molecule has 1 aromatic rings. The molecule has 0 aromatic carbocycles. The molecule has 1 aliphatic rings. The molecular weight excluding hydrogens is 248 g/mol. The van der Waals surface area contributed by atoms with E-state index in [4.69, 9.17) is 19.8 Å². The molecule has 0 saturated carbocycles. The average Bonchev–Trinajstić information content (AvgIpc) is 2.78. The van der Waals surface area contributed by atoms with Gasteiger partial charge in [0.15, 0.2) is 0 Å². The van der Waals surface area contributed by atoms with Crippen LogP contribution in [0.3, 0.4) is 0 Å². The number of aliphatic imine (C=N–C) groups is 1. The highest BCUT2D eigenvalue weighted by atomic mass is 16.7. The Morgan fingerprint density at radius 3 is 2.56 bits per heavy atom. The van der Waals surface area contributed by atoms with Gasteiger partial charge in [-0.3, -0.25) is 4.99 Å². The molecule has 6 N–H and O–H groups in total. The first-order valence-electron chi connectivity index (χ1n) is 5.00. The lowest BCUT2D eigenvalue weighted by atomic mass is 10.1. The minimum absolute atomic E-state index is 0.0334. The molecule has 0 spiro atoms. The monoisotopic (exact) mass is 260 g/mol. The Balaban J connectivity index is 2.22. The van der Waals surface area contributed by atoms with E-state index < -0.39 is 17.6 Å². The highest BCUT2D eigenvalue weighted by molar-refractivity contribution is 5.55. The molecular formula is C8H12N4O6. The lowest BCUT2D eigenvalue weighted by Crippen LogP contribution is -2.52. The molecule has 1 aromatic heterocycles. The van der Waals surface area contributed by atoms with Gasteiger partial charge in [0.2, 0.25) is 11.7 Å². The molecule has 10 heteroatoms. The first-order valence-corrected chi connectivity index (χ1v) is 5.00. The molecule has 0 aliphatic carbocycles. The second-order valence-corrected chi connectivity index (χ2v) is 3.86. The summed E-state index contributed by atoms with van der Waals surface area (Å²) in [6.45, 7) is 0.818. The molecule has 2 rings (SSSR count). The number of nitrogens with zero attached hydrogens (tertiary/aromatic N) is 3. The fourth-order valence-corrected chi connectivity index (χ4v) is 1.36. The van der Waals surface area contributed by atoms with Crippen LogP contribution in [-0.2, 0) is 5.79 Å². The third-order valence-electron chi connectivity index (χ3n) is 2.44. The van der Waals surface area contributed by atoms with Gasteiger partial charge in [0.25, 0.3) is 0 Å². The fraction of sp³-hybridized carbons (Fsp3) is 0.625. The Kier molecular flexibility index (Phi) is 3.04. The van der Waals surface area contributed by atoms with Crippen molar-refractivity contribution in [1.29, 1.82) is 0 Å². The van der Waals surface area contributed by atoms with E-state index in [9.17, 15) is 10.2 Å². The maximum atomic E-state index is 9.31. The topological polar surface area (TPSA) is 164 Å². The molecule has 0 amide bonds. The fourth-order valence-electron chi connectivity index (χ4n) is 1.36. The number of rotatable bonds is 3. The second kappa shape index (κ2) is 4.26. The van der Waals surface area contributed by atoms with E-state index in [-0.39, 0.29) is 11.8 Å². The van der Waals surface area contributed by atoms with Crippen molar-refractivity contribution >= 4 is 6.34 Å². The average molecular weight is 260 g/mol. The molecule has 0 radical (unpaired) electrons. The van der Waals surface area contributed by atoms with E-state index in [1.165, 1.54) is 6.34 Å². The van der Waals surface area contributed by atoms with Gasteiger partial charge in [-0.05, 0) is 0 Å². The minimum atomic E-state index is -3.81. The van der Waals surface area contributed by atoms with Gasteiger partial charge < -0.3 is 35.4 Å². The molecule has 0 bridgehead atoms. The third-order valence-corrected chi connectivity index (χ3v) is 2.44. The molecule has 2 heterocycles. The van der Waals surface area contributed by atoms with E-state index in [1.807, 2.05) is 0 Å². The predicted molar refractivity (Wildman–Crippen MR) is 53.9 cm³/mol. The maximum Gasteiger partial charge on any atom is 0.341 e. The van der Waals surface area contributed by atoms with Crippen molar-refractivity contribution in [2.75, 3.05) is 13.1 Å². The van der Waals surface area contributed by atoms with Crippen LogP contribution in [0.5, 0.6) is 0 Å². The Morgan fingerprint density at radius 2 is 2.00 bits per heavy atom. The molecule has 0 fully saturated rings. The Bertz CT molecular complexity index is 451. The summed E-state index contributed by atoms with van der Waals surface area (Å²) in [7, 11) is 0. The van der Waals surface area contributed by atoms with E-state index in [2.05, 4.69) is 20.4 Å². The lowest BCUT2D eigenvalue weighted by molar-refractivity contribution is -0.456. The van der Waals surface area contributed by atoms with Crippen molar-refractivity contribution < 1.29 is 30.1 Å². The first-order chi connectivity index (χ1) is 8.32. The molecule has 1 unspecified atom stereocenters. The molecule has 100 valence electrons. The van der Waals surface area contributed by atoms with Crippen molar-refractivity contribution in [3.05, 3.63) is 11.7 Å². The maximum absolute atomic E-state index is 9.31. The van der Waals surface area contributed by atoms with Crippen molar-refractivity contribution in [3.63, 3.8) is 0 Å². The number of aromatic nitrogens is 2. The molecule has 1 atom stereocenters. The Morgan fingerprint density at radius 1 is 1.28 bits per heavy atom. The molecule has 10 nitrogen and oxygen atoms in total. The number of hydrogen-bond donors (Lipinski definition) is 6. The smallest absolute Gasteiger partial charge is 0.341 e. The molecule has 18 heavy (non-hydrogen) atoms. The number of hydrogen-bond acceptors (Lipinski definition) is 10. The summed E-state index contributed by atoms with van der Waals surface area (Å²) in [5.74, 6) is -8.37. The zero-order chi connectivity index (χ0) is 13.4. The minimum Gasteiger partial charge on any atom is -0.376 e. The van der Waals surface area contributed by atoms with Gasteiger partial charge in [-0.2, -0.15) is 4.98 Å². The quantitative estimate of drug-likeness (QED) is 0.303. The number of aliphatic hydroxyl groups is 5. The van der Waals surface area contributed by atoms with Crippen LogP contribution in [0.25, 0.3) is 0 Å². The highest BCUT2D eigenvalue weighted by Crippen LogP contribution is 2.26. The predicted octanol–water partition coefficient (Wildman–Crippen LogP) is -3.45. The van der Waals surface area contributed by atoms with Crippen LogP contribution in [0.4, 0.5) is 0 Å². The Labute approximate surface area is 100 Å². The van der Waals surface area contributed by atoms with Crippen LogP contribution in [0, 0.1) is 0 Å². The summed E-state index contributed by atoms with van der Waals surface area (Å²) < 4.78 is 4.76. The summed E-state index contributed by atoms with van der Waals surface area (Å²) in [5, 5.41) is 50.9. The summed E-state index contributed by atoms with van der Waals surface area (Å²) in [5.41, 5.74) is 0. The van der Waals surface area contributed by atoms with Crippen molar-refractivity contribution in [2.24, 2.45) is 4.99 Å². The van der Waals surface area contributed by atoms with Gasteiger partial charge in [0.1, 0.15) is 0 Å². The van der Waals surface area contributed by atoms with Gasteiger partial charge >= 0.3 is 11.8 Å². The van der Waals surface area contributed by atoms with Crippen molar-refractivity contribution in [3.8, 4) is 0 Å². The Hall–Kier alpha value is -1.59. The van der Waals surface area contributed by atoms with Gasteiger partial charge in [-0.15, -0.1) is 0 Å². The highest BCUT2D eigenvalue weighted by Gasteiger charge is 2.52. The van der Waals surface area contributed by atoms with Crippen LogP contribution in [-0.4, -0.2) is 61.1 Å². The van der Waals surface area contributed by atoms with Crippen LogP contribution in [0.2, 0.25) is 0 Å². The van der Waals surface area contributed by atoms with Gasteiger partial charge in [0, 0.05) is 6.54 Å².